The van der Waals surface area contributed by atoms with Crippen LogP contribution in [0.15, 0.2) is 18.3 Å². The molecule has 0 spiro atoms. The zero-order valence-electron chi connectivity index (χ0n) is 15.8. The third-order valence-electron chi connectivity index (χ3n) is 4.96. The summed E-state index contributed by atoms with van der Waals surface area (Å²) in [5.41, 5.74) is 0.707. The molecule has 0 N–H and O–H groups in total. The fourth-order valence-electron chi connectivity index (χ4n) is 3.83. The van der Waals surface area contributed by atoms with Crippen LogP contribution in [0.2, 0.25) is 0 Å². The average Bonchev–Trinajstić information content (AvgIpc) is 2.61. The summed E-state index contributed by atoms with van der Waals surface area (Å²) < 4.78 is 5.67. The first kappa shape index (κ1) is 18.0. The molecule has 138 valence electrons. The number of carbonyl (C=O) groups is 1. The molecule has 0 aliphatic carbocycles. The third kappa shape index (κ3) is 4.44. The highest BCUT2D eigenvalue weighted by molar-refractivity contribution is 5.69. The van der Waals surface area contributed by atoms with E-state index in [9.17, 15) is 4.79 Å². The van der Waals surface area contributed by atoms with Crippen molar-refractivity contribution in [1.29, 1.82) is 0 Å². The standard InChI is InChI=1S/C20H31N3O2/c1-20(2,3)25-19(24)23-15-8-5-11-17(23)16-10-9-12-21-18(16)22-13-6-4-7-14-22/h9-10,12,17H,4-8,11,13-15H2,1-3H3/t17-/m1/s1. The minimum absolute atomic E-state index is 0.0641. The number of likely N-dealkylation sites (tertiary alicyclic amines) is 1. The molecule has 5 nitrogen and oxygen atoms in total. The van der Waals surface area contributed by atoms with Crippen LogP contribution in [0.3, 0.4) is 0 Å². The number of hydrogen-bond acceptors (Lipinski definition) is 4. The first-order valence-corrected chi connectivity index (χ1v) is 9.65. The van der Waals surface area contributed by atoms with Gasteiger partial charge in [0.15, 0.2) is 0 Å². The molecule has 2 aliphatic heterocycles. The molecule has 5 heteroatoms. The highest BCUT2D eigenvalue weighted by Gasteiger charge is 2.33. The number of ether oxygens (including phenoxy) is 1. The first-order valence-electron chi connectivity index (χ1n) is 9.65. The minimum atomic E-state index is -0.469. The predicted octanol–water partition coefficient (Wildman–Crippen LogP) is 4.53. The van der Waals surface area contributed by atoms with Crippen molar-refractivity contribution in [3.8, 4) is 0 Å². The van der Waals surface area contributed by atoms with Crippen LogP contribution in [0.1, 0.15) is 70.9 Å². The monoisotopic (exact) mass is 345 g/mol. The Morgan fingerprint density at radius 1 is 1.12 bits per heavy atom. The minimum Gasteiger partial charge on any atom is -0.444 e. The number of amides is 1. The predicted molar refractivity (Wildman–Crippen MR) is 99.8 cm³/mol. The summed E-state index contributed by atoms with van der Waals surface area (Å²) in [5, 5.41) is 0. The van der Waals surface area contributed by atoms with E-state index >= 15 is 0 Å². The lowest BCUT2D eigenvalue weighted by Gasteiger charge is -2.39. The maximum Gasteiger partial charge on any atom is 0.410 e. The van der Waals surface area contributed by atoms with Gasteiger partial charge in [0, 0.05) is 31.4 Å². The van der Waals surface area contributed by atoms with Crippen LogP contribution in [0, 0.1) is 0 Å². The van der Waals surface area contributed by atoms with Crippen LogP contribution in [-0.4, -0.2) is 41.2 Å². The van der Waals surface area contributed by atoms with Crippen molar-refractivity contribution in [3.05, 3.63) is 23.9 Å². The second-order valence-corrected chi connectivity index (χ2v) is 8.15. The zero-order chi connectivity index (χ0) is 17.9. The van der Waals surface area contributed by atoms with Crippen LogP contribution in [-0.2, 0) is 4.74 Å². The Kier molecular flexibility index (Phi) is 5.50. The van der Waals surface area contributed by atoms with E-state index in [1.807, 2.05) is 37.9 Å². The number of aromatic nitrogens is 1. The van der Waals surface area contributed by atoms with Crippen molar-refractivity contribution >= 4 is 11.9 Å². The summed E-state index contributed by atoms with van der Waals surface area (Å²) in [7, 11) is 0. The lowest BCUT2D eigenvalue weighted by atomic mass is 9.95. The molecular weight excluding hydrogens is 314 g/mol. The molecule has 0 unspecified atom stereocenters. The fraction of sp³-hybridized carbons (Fsp3) is 0.700. The van der Waals surface area contributed by atoms with Gasteiger partial charge in [-0.05, 0) is 65.4 Å². The normalized spacial score (nSPS) is 22.0. The molecule has 2 aliphatic rings. The maximum absolute atomic E-state index is 12.8. The number of pyridine rings is 1. The molecule has 0 bridgehead atoms. The van der Waals surface area contributed by atoms with Gasteiger partial charge < -0.3 is 14.5 Å². The number of hydrogen-bond donors (Lipinski definition) is 0. The lowest BCUT2D eigenvalue weighted by molar-refractivity contribution is 0.00954. The Morgan fingerprint density at radius 3 is 2.56 bits per heavy atom. The Labute approximate surface area is 151 Å². The molecule has 1 aromatic heterocycles. The molecule has 1 atom stereocenters. The molecule has 2 saturated heterocycles. The van der Waals surface area contributed by atoms with Crippen LogP contribution >= 0.6 is 0 Å². The summed E-state index contributed by atoms with van der Waals surface area (Å²) in [4.78, 5) is 21.8. The van der Waals surface area contributed by atoms with Gasteiger partial charge in [0.05, 0.1) is 6.04 Å². The fourth-order valence-corrected chi connectivity index (χ4v) is 3.83. The van der Waals surface area contributed by atoms with E-state index in [1.54, 1.807) is 0 Å². The Hall–Kier alpha value is -1.78. The zero-order valence-corrected chi connectivity index (χ0v) is 15.8. The van der Waals surface area contributed by atoms with E-state index in [2.05, 4.69) is 11.0 Å². The highest BCUT2D eigenvalue weighted by Crippen LogP contribution is 2.37. The number of rotatable bonds is 2. The van der Waals surface area contributed by atoms with E-state index < -0.39 is 5.60 Å². The SMILES string of the molecule is CC(C)(C)OC(=O)N1CCCC[C@@H]1c1cccnc1N1CCCCC1. The van der Waals surface area contributed by atoms with Crippen molar-refractivity contribution in [2.75, 3.05) is 24.5 Å². The third-order valence-corrected chi connectivity index (χ3v) is 4.96. The van der Waals surface area contributed by atoms with Gasteiger partial charge in [-0.25, -0.2) is 9.78 Å². The second-order valence-electron chi connectivity index (χ2n) is 8.15. The van der Waals surface area contributed by atoms with E-state index in [4.69, 9.17) is 9.72 Å². The summed E-state index contributed by atoms with van der Waals surface area (Å²) in [6, 6.07) is 4.20. The maximum atomic E-state index is 12.8. The van der Waals surface area contributed by atoms with Crippen molar-refractivity contribution in [1.82, 2.24) is 9.88 Å². The number of piperidine rings is 2. The van der Waals surface area contributed by atoms with Crippen molar-refractivity contribution in [2.45, 2.75) is 70.9 Å². The molecule has 2 fully saturated rings. The van der Waals surface area contributed by atoms with Crippen molar-refractivity contribution < 1.29 is 9.53 Å². The quantitative estimate of drug-likeness (QED) is 0.790. The number of nitrogens with zero attached hydrogens (tertiary/aromatic N) is 3. The Bertz CT molecular complexity index is 591. The molecule has 0 aromatic carbocycles. The highest BCUT2D eigenvalue weighted by atomic mass is 16.6. The largest absolute Gasteiger partial charge is 0.444 e. The van der Waals surface area contributed by atoms with Gasteiger partial charge in [-0.3, -0.25) is 0 Å². The number of anilines is 1. The molecule has 1 aromatic rings. The van der Waals surface area contributed by atoms with Gasteiger partial charge in [0.2, 0.25) is 0 Å². The first-order chi connectivity index (χ1) is 12.0. The molecule has 0 radical (unpaired) electrons. The number of carbonyl (C=O) groups excluding carboxylic acids is 1. The van der Waals surface area contributed by atoms with Gasteiger partial charge >= 0.3 is 6.09 Å². The Balaban J connectivity index is 1.86. The van der Waals surface area contributed by atoms with Crippen LogP contribution in [0.4, 0.5) is 10.6 Å². The Morgan fingerprint density at radius 2 is 1.84 bits per heavy atom. The van der Waals surface area contributed by atoms with Gasteiger partial charge in [0.25, 0.3) is 0 Å². The molecule has 1 amide bonds. The summed E-state index contributed by atoms with van der Waals surface area (Å²) in [6.45, 7) is 8.65. The van der Waals surface area contributed by atoms with Crippen molar-refractivity contribution in [2.24, 2.45) is 0 Å². The van der Waals surface area contributed by atoms with E-state index in [-0.39, 0.29) is 12.1 Å². The topological polar surface area (TPSA) is 45.7 Å². The van der Waals surface area contributed by atoms with Crippen LogP contribution < -0.4 is 4.90 Å². The molecule has 25 heavy (non-hydrogen) atoms. The molecule has 3 rings (SSSR count). The average molecular weight is 345 g/mol. The van der Waals surface area contributed by atoms with Gasteiger partial charge in [0.1, 0.15) is 11.4 Å². The molecular formula is C20H31N3O2. The molecule has 0 saturated carbocycles. The lowest BCUT2D eigenvalue weighted by Crippen LogP contribution is -2.42. The van der Waals surface area contributed by atoms with Crippen molar-refractivity contribution in [3.63, 3.8) is 0 Å². The van der Waals surface area contributed by atoms with E-state index in [1.165, 1.54) is 24.8 Å². The summed E-state index contributed by atoms with van der Waals surface area (Å²) in [6.07, 6.45) is 8.55. The smallest absolute Gasteiger partial charge is 0.410 e. The van der Waals surface area contributed by atoms with Gasteiger partial charge in [-0.15, -0.1) is 0 Å². The van der Waals surface area contributed by atoms with Gasteiger partial charge in [-0.1, -0.05) is 6.07 Å². The summed E-state index contributed by atoms with van der Waals surface area (Å²) >= 11 is 0. The summed E-state index contributed by atoms with van der Waals surface area (Å²) in [5.74, 6) is 1.06. The van der Waals surface area contributed by atoms with Crippen LogP contribution in [0.25, 0.3) is 0 Å². The van der Waals surface area contributed by atoms with Crippen LogP contribution in [0.5, 0.6) is 0 Å². The molecule has 3 heterocycles. The van der Waals surface area contributed by atoms with Gasteiger partial charge in [-0.2, -0.15) is 0 Å². The van der Waals surface area contributed by atoms with E-state index in [0.29, 0.717) is 0 Å². The van der Waals surface area contributed by atoms with E-state index in [0.717, 1.165) is 44.7 Å². The second kappa shape index (κ2) is 7.63.